The highest BCUT2D eigenvalue weighted by Crippen LogP contribution is 2.46. The van der Waals surface area contributed by atoms with Crippen LogP contribution in [0.2, 0.25) is 49.9 Å². The second-order valence-corrected chi connectivity index (χ2v) is 41.9. The minimum Gasteiger partial charge on any atom is -0.353 e. The molecule has 5 heterocycles. The summed E-state index contributed by atoms with van der Waals surface area (Å²) in [5.41, 5.74) is 40.5. The van der Waals surface area contributed by atoms with E-state index in [1.54, 1.807) is 0 Å². The van der Waals surface area contributed by atoms with Crippen molar-refractivity contribution >= 4 is 68.5 Å². The Morgan fingerprint density at radius 1 is 0.293 bits per heavy atom. The number of aromatic nitrogens is 4. The summed E-state index contributed by atoms with van der Waals surface area (Å²) >= 11 is 0. The number of nitrogens with one attached hydrogen (secondary N) is 3. The molecule has 4 nitrogen and oxygen atoms in total. The summed E-state index contributed by atoms with van der Waals surface area (Å²) in [6.07, 6.45) is 7.05. The quantitative estimate of drug-likeness (QED) is 0.0716. The molecule has 8 bridgehead atoms. The number of fused-ring (bicyclic) bond motifs is 9. The molecular formula is C68H106N4Si3. The first-order chi connectivity index (χ1) is 35.3. The summed E-state index contributed by atoms with van der Waals surface area (Å²) < 4.78 is 0. The van der Waals surface area contributed by atoms with Crippen molar-refractivity contribution in [3.63, 3.8) is 0 Å². The minimum absolute atomic E-state index is 0.485. The Kier molecular flexibility index (Phi) is 20.5. The molecule has 3 N–H and O–H groups in total. The van der Waals surface area contributed by atoms with E-state index in [-0.39, 0.29) is 0 Å². The fourth-order valence-corrected chi connectivity index (χ4v) is 31.2. The van der Waals surface area contributed by atoms with Gasteiger partial charge in [0.2, 0.25) is 0 Å². The van der Waals surface area contributed by atoms with Crippen molar-refractivity contribution in [1.82, 2.24) is 19.9 Å². The van der Waals surface area contributed by atoms with Crippen molar-refractivity contribution in [3.8, 4) is 34.4 Å². The molecule has 0 spiro atoms. The summed E-state index contributed by atoms with van der Waals surface area (Å²) in [5.74, 6) is 12.6. The van der Waals surface area contributed by atoms with Crippen molar-refractivity contribution < 1.29 is 0 Å². The highest BCUT2D eigenvalue weighted by atomic mass is 28.3. The van der Waals surface area contributed by atoms with E-state index < -0.39 is 24.2 Å². The number of nitrogens with zero attached hydrogens (tertiary/aromatic N) is 1. The molecule has 7 heteroatoms. The van der Waals surface area contributed by atoms with Gasteiger partial charge < -0.3 is 15.0 Å². The van der Waals surface area contributed by atoms with Crippen LogP contribution in [0.5, 0.6) is 0 Å². The largest absolute Gasteiger partial charge is 0.353 e. The number of hydrogen-bond acceptors (Lipinski definition) is 1. The van der Waals surface area contributed by atoms with E-state index in [4.69, 9.17) is 4.98 Å². The van der Waals surface area contributed by atoms with Crippen LogP contribution < -0.4 is 0 Å². The Hall–Kier alpha value is -3.94. The molecule has 0 aromatic carbocycles. The third kappa shape index (κ3) is 10.5. The second kappa shape index (κ2) is 24.8. The first-order valence-corrected chi connectivity index (χ1v) is 37.1. The number of H-pyrrole nitrogens is 3. The number of aryl methyl sites for hydroxylation is 6. The van der Waals surface area contributed by atoms with E-state index >= 15 is 0 Å². The van der Waals surface area contributed by atoms with Crippen LogP contribution in [0.1, 0.15) is 254 Å². The normalized spacial score (nSPS) is 13.3. The molecule has 5 rings (SSSR count). The van der Waals surface area contributed by atoms with E-state index in [0.29, 0.717) is 49.9 Å². The van der Waals surface area contributed by atoms with Crippen LogP contribution in [0.25, 0.3) is 44.2 Å². The van der Waals surface area contributed by atoms with Crippen molar-refractivity contribution in [1.29, 1.82) is 0 Å². The average molecular weight is 1060 g/mol. The summed E-state index contributed by atoms with van der Waals surface area (Å²) in [6, 6.07) is 0. The first kappa shape index (κ1) is 61.9. The Morgan fingerprint density at radius 3 is 0.707 bits per heavy atom. The fourth-order valence-electron chi connectivity index (χ4n) is 15.6. The van der Waals surface area contributed by atoms with Crippen LogP contribution in [0.3, 0.4) is 0 Å². The molecule has 4 aromatic heterocycles. The van der Waals surface area contributed by atoms with Crippen molar-refractivity contribution in [2.75, 3.05) is 0 Å². The molecule has 410 valence electrons. The SMILES string of the molecule is CCC1=C(CC)c2nc1c(C#C[Si](C(C)C)(C(C)C)C(C)C)c1[nH]c(c(CC)c1CC)c(C#C[Si](C(C)C)(C(C)C)C(C)C)c1[nH]c(c(CC)c1CC)c1[nH]c(c2C#C[Si](C(C)C)(C(C)C)C(C)C)c(CC)c1CC. The van der Waals surface area contributed by atoms with Gasteiger partial charge in [-0.05, 0) is 146 Å². The molecule has 0 saturated carbocycles. The van der Waals surface area contributed by atoms with E-state index in [1.807, 2.05) is 0 Å². The smallest absolute Gasteiger partial charge is 0.146 e. The second-order valence-electron chi connectivity index (χ2n) is 25.2. The van der Waals surface area contributed by atoms with Gasteiger partial charge in [-0.2, -0.15) is 0 Å². The summed E-state index contributed by atoms with van der Waals surface area (Å²) in [7, 11) is -6.61. The van der Waals surface area contributed by atoms with Crippen molar-refractivity contribution in [2.45, 2.75) is 281 Å². The molecular weight excluding hydrogens is 957 g/mol. The number of aromatic amines is 3. The van der Waals surface area contributed by atoms with Crippen LogP contribution in [0.4, 0.5) is 0 Å². The minimum atomic E-state index is -2.22. The average Bonchev–Trinajstić information content (AvgIpc) is 4.11. The number of rotatable bonds is 17. The first-order valence-electron chi connectivity index (χ1n) is 30.4. The fraction of sp³-hybridized carbons (Fsp3) is 0.632. The highest BCUT2D eigenvalue weighted by Gasteiger charge is 2.44. The molecule has 4 aromatic rings. The lowest BCUT2D eigenvalue weighted by molar-refractivity contribution is 0.838. The lowest BCUT2D eigenvalue weighted by atomic mass is 9.94. The Bertz CT molecular complexity index is 3000. The molecule has 0 unspecified atom stereocenters. The summed E-state index contributed by atoms with van der Waals surface area (Å²) in [5, 5.41) is 0. The molecule has 75 heavy (non-hydrogen) atoms. The van der Waals surface area contributed by atoms with Gasteiger partial charge in [0.05, 0.1) is 61.2 Å². The monoisotopic (exact) mass is 1060 g/mol. The van der Waals surface area contributed by atoms with Gasteiger partial charge in [0.15, 0.2) is 0 Å². The van der Waals surface area contributed by atoms with Gasteiger partial charge in [0.1, 0.15) is 24.2 Å². The van der Waals surface area contributed by atoms with Gasteiger partial charge in [-0.1, -0.05) is 198 Å². The van der Waals surface area contributed by atoms with Crippen LogP contribution in [-0.2, 0) is 38.5 Å². The summed E-state index contributed by atoms with van der Waals surface area (Å²) in [4.78, 5) is 19.0. The lowest BCUT2D eigenvalue weighted by Gasteiger charge is -2.38. The molecule has 0 aliphatic carbocycles. The maximum absolute atomic E-state index is 6.12. The van der Waals surface area contributed by atoms with Crippen LogP contribution in [0, 0.1) is 34.4 Å². The molecule has 0 saturated heterocycles. The van der Waals surface area contributed by atoms with Gasteiger partial charge in [-0.15, -0.1) is 16.6 Å². The van der Waals surface area contributed by atoms with Crippen LogP contribution >= 0.6 is 0 Å². The van der Waals surface area contributed by atoms with Crippen LogP contribution in [-0.4, -0.2) is 44.2 Å². The molecule has 0 radical (unpaired) electrons. The lowest BCUT2D eigenvalue weighted by Crippen LogP contribution is -2.43. The van der Waals surface area contributed by atoms with Gasteiger partial charge in [0.25, 0.3) is 0 Å². The van der Waals surface area contributed by atoms with E-state index in [9.17, 15) is 0 Å². The Morgan fingerprint density at radius 2 is 0.493 bits per heavy atom. The van der Waals surface area contributed by atoms with Crippen LogP contribution in [0.15, 0.2) is 0 Å². The molecule has 1 aliphatic rings. The van der Waals surface area contributed by atoms with Crippen molar-refractivity contribution in [2.24, 2.45) is 0 Å². The topological polar surface area (TPSA) is 60.3 Å². The third-order valence-electron chi connectivity index (χ3n) is 19.2. The molecule has 1 aliphatic heterocycles. The number of hydrogen-bond donors (Lipinski definition) is 3. The predicted octanol–water partition coefficient (Wildman–Crippen LogP) is 20.3. The van der Waals surface area contributed by atoms with Gasteiger partial charge in [-0.3, -0.25) is 0 Å². The zero-order valence-electron chi connectivity index (χ0n) is 52.8. The Balaban J connectivity index is 2.46. The summed E-state index contributed by atoms with van der Waals surface area (Å²) in [6.45, 7) is 62.7. The van der Waals surface area contributed by atoms with Gasteiger partial charge in [-0.25, -0.2) is 4.98 Å². The van der Waals surface area contributed by atoms with E-state index in [1.165, 1.54) is 61.1 Å². The zero-order valence-corrected chi connectivity index (χ0v) is 55.8. The predicted molar refractivity (Wildman–Crippen MR) is 344 cm³/mol. The maximum atomic E-state index is 6.12. The molecule has 0 atom stereocenters. The Labute approximate surface area is 462 Å². The third-order valence-corrected chi connectivity index (χ3v) is 38.0. The standard InChI is InChI=1S/C68H106N4Si3/c1-27-50-52(29-3)63-59(36-39-74(44(15)16,45(17)18)46(19)20)65-54(31-5)56(33-7)67(71-65)68-57(34-8)55(32-6)66(72-68)60(37-40-75(47(21)22,48(23)24)49(25)26)64-53(30-4)51(28-2)62(70-64)58(61(50)69-63)35-38-73(41(9)10,42(11)12)43(13)14/h41-49,69,71-72H,27-34H2,1-26H3. The zero-order chi connectivity index (χ0) is 56.4. The van der Waals surface area contributed by atoms with E-state index in [2.05, 4.69) is 229 Å². The molecule has 0 fully saturated rings. The van der Waals surface area contributed by atoms with E-state index in [0.717, 1.165) is 96.0 Å². The van der Waals surface area contributed by atoms with Crippen molar-refractivity contribution in [3.05, 3.63) is 61.5 Å². The van der Waals surface area contributed by atoms with Gasteiger partial charge >= 0.3 is 0 Å². The highest BCUT2D eigenvalue weighted by molar-refractivity contribution is 6.91. The molecule has 0 amide bonds. The maximum Gasteiger partial charge on any atom is 0.146 e. The van der Waals surface area contributed by atoms with Gasteiger partial charge in [0, 0.05) is 0 Å². The number of allylic oxidation sites excluding steroid dienone is 2.